The molecule has 2 aliphatic carbocycles. The van der Waals surface area contributed by atoms with Crippen LogP contribution in [0, 0.1) is 0 Å². The van der Waals surface area contributed by atoms with Crippen molar-refractivity contribution in [2.45, 2.75) is 5.41 Å². The summed E-state index contributed by atoms with van der Waals surface area (Å²) in [6, 6.07) is 88.8. The molecule has 0 amide bonds. The highest BCUT2D eigenvalue weighted by Crippen LogP contribution is 2.63. The van der Waals surface area contributed by atoms with Gasteiger partial charge in [0.15, 0.2) is 17.5 Å². The Balaban J connectivity index is 0.823. The lowest BCUT2D eigenvalue weighted by atomic mass is 9.70. The summed E-state index contributed by atoms with van der Waals surface area (Å²) in [5.74, 6) is 1.68. The fraction of sp³-hybridized carbons (Fsp3) is 0.0143. The summed E-state index contributed by atoms with van der Waals surface area (Å²) in [5.41, 5.74) is 22.7. The number of aromatic nitrogens is 3. The predicted octanol–water partition coefficient (Wildman–Crippen LogP) is 18.0. The first-order valence-electron chi connectivity index (χ1n) is 25.5. The smallest absolute Gasteiger partial charge is 0.164 e. The molecule has 14 aromatic rings. The van der Waals surface area contributed by atoms with Gasteiger partial charge in [-0.2, -0.15) is 0 Å². The zero-order valence-corrected chi connectivity index (χ0v) is 40.3. The van der Waals surface area contributed by atoms with Gasteiger partial charge >= 0.3 is 0 Å². The first kappa shape index (κ1) is 41.6. The van der Waals surface area contributed by atoms with E-state index in [-0.39, 0.29) is 0 Å². The van der Waals surface area contributed by atoms with E-state index in [1.807, 2.05) is 42.5 Å². The van der Waals surface area contributed by atoms with Gasteiger partial charge in [0, 0.05) is 38.2 Å². The van der Waals surface area contributed by atoms with Gasteiger partial charge in [-0.1, -0.05) is 200 Å². The van der Waals surface area contributed by atoms with Crippen molar-refractivity contribution < 1.29 is 8.83 Å². The maximum atomic E-state index is 6.64. The molecule has 5 nitrogen and oxygen atoms in total. The van der Waals surface area contributed by atoms with E-state index >= 15 is 0 Å². The quantitative estimate of drug-likeness (QED) is 0.166. The number of rotatable bonds is 6. The molecule has 11 aromatic carbocycles. The first-order chi connectivity index (χ1) is 37.1. The summed E-state index contributed by atoms with van der Waals surface area (Å²) in [7, 11) is 0. The highest BCUT2D eigenvalue weighted by atomic mass is 16.3. The van der Waals surface area contributed by atoms with Crippen molar-refractivity contribution in [3.05, 3.63) is 271 Å². The normalized spacial score (nSPS) is 12.9. The minimum Gasteiger partial charge on any atom is -0.456 e. The van der Waals surface area contributed by atoms with Gasteiger partial charge in [0.2, 0.25) is 0 Å². The molecule has 0 aliphatic heterocycles. The Morgan fingerprint density at radius 2 is 0.707 bits per heavy atom. The van der Waals surface area contributed by atoms with Crippen LogP contribution in [0.3, 0.4) is 0 Å². The predicted molar refractivity (Wildman–Crippen MR) is 303 cm³/mol. The van der Waals surface area contributed by atoms with Gasteiger partial charge in [-0.15, -0.1) is 0 Å². The van der Waals surface area contributed by atoms with Gasteiger partial charge in [-0.25, -0.2) is 15.0 Å². The maximum Gasteiger partial charge on any atom is 0.164 e. The summed E-state index contributed by atoms with van der Waals surface area (Å²) < 4.78 is 13.0. The zero-order chi connectivity index (χ0) is 49.2. The highest BCUT2D eigenvalue weighted by Gasteiger charge is 2.51. The molecule has 5 heteroatoms. The van der Waals surface area contributed by atoms with Gasteiger partial charge in [0.25, 0.3) is 0 Å². The molecule has 0 N–H and O–H groups in total. The van der Waals surface area contributed by atoms with Crippen molar-refractivity contribution in [2.75, 3.05) is 0 Å². The average Bonchev–Trinajstić information content (AvgIpc) is 4.22. The topological polar surface area (TPSA) is 65.0 Å². The lowest BCUT2D eigenvalue weighted by Gasteiger charge is -2.30. The molecule has 2 aliphatic rings. The van der Waals surface area contributed by atoms with Crippen molar-refractivity contribution in [1.29, 1.82) is 0 Å². The molecule has 1 spiro atoms. The molecular formula is C70H41N3O2. The Hall–Kier alpha value is -9.97. The van der Waals surface area contributed by atoms with E-state index in [1.165, 1.54) is 50.1 Å². The molecule has 3 heterocycles. The van der Waals surface area contributed by atoms with Crippen molar-refractivity contribution in [3.63, 3.8) is 0 Å². The molecule has 0 saturated carbocycles. The third-order valence-electron chi connectivity index (χ3n) is 15.8. The number of para-hydroxylation sites is 1. The molecule has 348 valence electrons. The second kappa shape index (κ2) is 16.0. The third kappa shape index (κ3) is 6.22. The largest absolute Gasteiger partial charge is 0.456 e. The molecule has 0 radical (unpaired) electrons. The fourth-order valence-electron chi connectivity index (χ4n) is 12.4. The third-order valence-corrected chi connectivity index (χ3v) is 15.8. The summed E-state index contributed by atoms with van der Waals surface area (Å²) in [6.45, 7) is 0. The van der Waals surface area contributed by atoms with E-state index in [4.69, 9.17) is 23.8 Å². The highest BCUT2D eigenvalue weighted by molar-refractivity contribution is 6.13. The number of furan rings is 2. The van der Waals surface area contributed by atoms with Crippen LogP contribution in [0.25, 0.3) is 134 Å². The van der Waals surface area contributed by atoms with Crippen molar-refractivity contribution in [2.24, 2.45) is 0 Å². The van der Waals surface area contributed by atoms with Crippen LogP contribution < -0.4 is 0 Å². The summed E-state index contributed by atoms with van der Waals surface area (Å²) in [5, 5.41) is 4.05. The van der Waals surface area contributed by atoms with E-state index in [9.17, 15) is 0 Å². The van der Waals surface area contributed by atoms with Crippen LogP contribution in [0.4, 0.5) is 0 Å². The summed E-state index contributed by atoms with van der Waals surface area (Å²) in [4.78, 5) is 15.7. The second-order valence-corrected chi connectivity index (χ2v) is 19.8. The number of benzene rings is 11. The molecular weight excluding hydrogens is 915 g/mol. The van der Waals surface area contributed by atoms with E-state index in [0.29, 0.717) is 17.5 Å². The molecule has 0 saturated heterocycles. The van der Waals surface area contributed by atoms with Gasteiger partial charge in [-0.3, -0.25) is 0 Å². The molecule has 0 unspecified atom stereocenters. The van der Waals surface area contributed by atoms with Crippen LogP contribution >= 0.6 is 0 Å². The van der Waals surface area contributed by atoms with E-state index in [1.54, 1.807) is 0 Å². The Morgan fingerprint density at radius 3 is 1.45 bits per heavy atom. The van der Waals surface area contributed by atoms with Crippen LogP contribution in [0.2, 0.25) is 0 Å². The Morgan fingerprint density at radius 1 is 0.240 bits per heavy atom. The summed E-state index contributed by atoms with van der Waals surface area (Å²) >= 11 is 0. The van der Waals surface area contributed by atoms with E-state index in [0.717, 1.165) is 88.4 Å². The lowest BCUT2D eigenvalue weighted by Crippen LogP contribution is -2.25. The van der Waals surface area contributed by atoms with Crippen molar-refractivity contribution >= 4 is 43.9 Å². The Labute approximate surface area is 431 Å². The van der Waals surface area contributed by atoms with Crippen LogP contribution in [-0.4, -0.2) is 15.0 Å². The van der Waals surface area contributed by atoms with Crippen LogP contribution in [-0.2, 0) is 5.41 Å². The first-order valence-corrected chi connectivity index (χ1v) is 25.5. The maximum absolute atomic E-state index is 6.64. The SMILES string of the molecule is c1ccc(-c2ccc(-c3nc(-c4ccc5c(c4)oc4ccccc45)nc(-c4cccc5oc6ccc(-c7cccc(-c8ccc9c(c8)C8(c%10ccccc%10-c%10ccccc%108)c8ccccc8-9)c7)cc6c45)n3)cc2)cc1. The van der Waals surface area contributed by atoms with Gasteiger partial charge in [0.1, 0.15) is 22.3 Å². The molecule has 0 bridgehead atoms. The number of nitrogens with zero attached hydrogens (tertiary/aromatic N) is 3. The van der Waals surface area contributed by atoms with E-state index < -0.39 is 5.41 Å². The number of hydrogen-bond acceptors (Lipinski definition) is 5. The van der Waals surface area contributed by atoms with Crippen LogP contribution in [0.1, 0.15) is 22.3 Å². The molecule has 16 rings (SSSR count). The fourth-order valence-corrected chi connectivity index (χ4v) is 12.4. The molecule has 75 heavy (non-hydrogen) atoms. The average molecular weight is 956 g/mol. The van der Waals surface area contributed by atoms with Crippen LogP contribution in [0.15, 0.2) is 258 Å². The van der Waals surface area contributed by atoms with Crippen molar-refractivity contribution in [1.82, 2.24) is 15.0 Å². The minimum atomic E-state index is -0.410. The Kier molecular flexibility index (Phi) is 8.89. The Bertz CT molecular complexity index is 4600. The lowest BCUT2D eigenvalue weighted by molar-refractivity contribution is 0.668. The second-order valence-electron chi connectivity index (χ2n) is 19.8. The monoisotopic (exact) mass is 955 g/mol. The minimum absolute atomic E-state index is 0.410. The number of fused-ring (bicyclic) bond motifs is 16. The molecule has 0 fully saturated rings. The standard InChI is InChI=1S/C70H41N3O2/c1-2-14-42(15-3-1)43-28-30-44(31-29-43)67-71-68(49-33-36-55-54-21-7-11-26-62(54)75-65(55)41-49)73-69(72-67)56-22-13-27-64-66(56)57-39-47(34-37-63(57)74-64)45-16-12-17-46(38-45)48-32-35-53-52-20-6-10-25-60(52)70(61(53)40-48)58-23-8-4-18-50(58)51-19-5-9-24-59(51)70/h1-41H. The summed E-state index contributed by atoms with van der Waals surface area (Å²) in [6.07, 6.45) is 0. The van der Waals surface area contributed by atoms with Crippen molar-refractivity contribution in [3.8, 4) is 89.8 Å². The zero-order valence-electron chi connectivity index (χ0n) is 40.3. The molecule has 0 atom stereocenters. The van der Waals surface area contributed by atoms with Gasteiger partial charge in [-0.05, 0) is 126 Å². The van der Waals surface area contributed by atoms with Gasteiger partial charge in [0.05, 0.1) is 5.41 Å². The van der Waals surface area contributed by atoms with Crippen LogP contribution in [0.5, 0.6) is 0 Å². The van der Waals surface area contributed by atoms with E-state index in [2.05, 4.69) is 206 Å². The number of hydrogen-bond donors (Lipinski definition) is 0. The molecule has 3 aromatic heterocycles. The van der Waals surface area contributed by atoms with Gasteiger partial charge < -0.3 is 8.83 Å².